The van der Waals surface area contributed by atoms with Gasteiger partial charge < -0.3 is 5.32 Å². The molecule has 1 aromatic carbocycles. The van der Waals surface area contributed by atoms with Crippen LogP contribution in [0.3, 0.4) is 0 Å². The van der Waals surface area contributed by atoms with E-state index in [0.717, 1.165) is 0 Å². The van der Waals surface area contributed by atoms with Crippen LogP contribution in [0.4, 0.5) is 8.78 Å². The third-order valence-corrected chi connectivity index (χ3v) is 2.01. The summed E-state index contributed by atoms with van der Waals surface area (Å²) in [7, 11) is 1.66. The van der Waals surface area contributed by atoms with E-state index in [1.807, 2.05) is 0 Å². The molecule has 13 heavy (non-hydrogen) atoms. The Bertz CT molecular complexity index is 295. The van der Waals surface area contributed by atoms with Crippen molar-refractivity contribution < 1.29 is 8.78 Å². The lowest BCUT2D eigenvalue weighted by Gasteiger charge is -2.08. The smallest absolute Gasteiger partial charge is 0.133 e. The van der Waals surface area contributed by atoms with Crippen LogP contribution in [0.1, 0.15) is 16.7 Å². The van der Waals surface area contributed by atoms with Gasteiger partial charge in [-0.25, -0.2) is 8.78 Å². The monoisotopic (exact) mass is 185 g/mol. The second-order valence-electron chi connectivity index (χ2n) is 3.15. The average Bonchev–Trinajstić information content (AvgIpc) is 2.09. The normalized spacial score (nSPS) is 10.5. The fourth-order valence-corrected chi connectivity index (χ4v) is 1.36. The molecule has 0 aliphatic heterocycles. The summed E-state index contributed by atoms with van der Waals surface area (Å²) in [6.45, 7) is 3.50. The minimum atomic E-state index is -0.447. The van der Waals surface area contributed by atoms with Crippen LogP contribution >= 0.6 is 0 Å². The van der Waals surface area contributed by atoms with Gasteiger partial charge in [-0.3, -0.25) is 0 Å². The Morgan fingerprint density at radius 3 is 2.00 bits per heavy atom. The maximum Gasteiger partial charge on any atom is 0.133 e. The van der Waals surface area contributed by atoms with Crippen molar-refractivity contribution in [1.82, 2.24) is 5.32 Å². The van der Waals surface area contributed by atoms with Crippen molar-refractivity contribution >= 4 is 0 Å². The van der Waals surface area contributed by atoms with Crippen LogP contribution in [0.25, 0.3) is 0 Å². The minimum absolute atomic E-state index is 0.125. The van der Waals surface area contributed by atoms with Gasteiger partial charge in [-0.15, -0.1) is 0 Å². The van der Waals surface area contributed by atoms with Gasteiger partial charge in [-0.2, -0.15) is 0 Å². The highest BCUT2D eigenvalue weighted by Crippen LogP contribution is 2.19. The largest absolute Gasteiger partial charge is 0.315 e. The molecule has 0 aromatic heterocycles. The molecule has 0 atom stereocenters. The lowest BCUT2D eigenvalue weighted by atomic mass is 10.1. The molecule has 0 aliphatic carbocycles. The Balaban J connectivity index is 3.28. The molecule has 0 amide bonds. The van der Waals surface area contributed by atoms with Crippen LogP contribution in [0.5, 0.6) is 0 Å². The van der Waals surface area contributed by atoms with Crippen LogP contribution in [-0.2, 0) is 6.54 Å². The summed E-state index contributed by atoms with van der Waals surface area (Å²) in [5.74, 6) is -0.894. The van der Waals surface area contributed by atoms with E-state index in [1.54, 1.807) is 20.9 Å². The van der Waals surface area contributed by atoms with Gasteiger partial charge in [0.15, 0.2) is 0 Å². The predicted octanol–water partition coefficient (Wildman–Crippen LogP) is 2.30. The van der Waals surface area contributed by atoms with Crippen molar-refractivity contribution in [2.75, 3.05) is 7.05 Å². The highest BCUT2D eigenvalue weighted by atomic mass is 19.1. The first-order valence-electron chi connectivity index (χ1n) is 4.16. The van der Waals surface area contributed by atoms with E-state index in [4.69, 9.17) is 0 Å². The van der Waals surface area contributed by atoms with E-state index in [2.05, 4.69) is 5.32 Å². The molecule has 1 nitrogen and oxygen atoms in total. The van der Waals surface area contributed by atoms with Crippen molar-refractivity contribution in [2.45, 2.75) is 20.4 Å². The Morgan fingerprint density at radius 2 is 1.62 bits per heavy atom. The molecule has 0 radical (unpaired) electrons. The van der Waals surface area contributed by atoms with Gasteiger partial charge in [0.25, 0.3) is 0 Å². The van der Waals surface area contributed by atoms with Gasteiger partial charge >= 0.3 is 0 Å². The highest BCUT2D eigenvalue weighted by Gasteiger charge is 2.12. The number of hydrogen-bond donors (Lipinski definition) is 1. The summed E-state index contributed by atoms with van der Waals surface area (Å²) in [4.78, 5) is 0. The molecule has 72 valence electrons. The van der Waals surface area contributed by atoms with Crippen LogP contribution in [0.2, 0.25) is 0 Å². The molecule has 1 rings (SSSR count). The molecular formula is C10H13F2N. The summed E-state index contributed by atoms with van der Waals surface area (Å²) in [6.07, 6.45) is 0. The molecule has 0 saturated heterocycles. The van der Waals surface area contributed by atoms with Crippen LogP contribution < -0.4 is 5.32 Å². The zero-order chi connectivity index (χ0) is 10.0. The molecule has 0 saturated carbocycles. The molecule has 3 heteroatoms. The molecular weight excluding hydrogens is 172 g/mol. The molecule has 0 heterocycles. The number of halogens is 2. The number of nitrogens with one attached hydrogen (secondary N) is 1. The maximum atomic E-state index is 13.3. The third-order valence-electron chi connectivity index (χ3n) is 2.01. The first-order chi connectivity index (χ1) is 6.07. The van der Waals surface area contributed by atoms with Crippen molar-refractivity contribution in [3.8, 4) is 0 Å². The third kappa shape index (κ3) is 1.86. The van der Waals surface area contributed by atoms with E-state index < -0.39 is 11.6 Å². The van der Waals surface area contributed by atoms with E-state index in [1.165, 1.54) is 6.07 Å². The fourth-order valence-electron chi connectivity index (χ4n) is 1.36. The predicted molar refractivity (Wildman–Crippen MR) is 48.6 cm³/mol. The molecule has 0 fully saturated rings. The van der Waals surface area contributed by atoms with E-state index >= 15 is 0 Å². The second kappa shape index (κ2) is 3.83. The van der Waals surface area contributed by atoms with Crippen molar-refractivity contribution in [3.63, 3.8) is 0 Å². The Morgan fingerprint density at radius 1 is 1.15 bits per heavy atom. The zero-order valence-corrected chi connectivity index (χ0v) is 8.04. The summed E-state index contributed by atoms with van der Waals surface area (Å²) in [5, 5.41) is 2.74. The highest BCUT2D eigenvalue weighted by molar-refractivity contribution is 5.32. The number of rotatable bonds is 2. The first-order valence-corrected chi connectivity index (χ1v) is 4.16. The molecule has 0 bridgehead atoms. The quantitative estimate of drug-likeness (QED) is 0.745. The topological polar surface area (TPSA) is 12.0 Å². The summed E-state index contributed by atoms with van der Waals surface area (Å²) < 4.78 is 26.7. The lowest BCUT2D eigenvalue weighted by molar-refractivity contribution is 0.535. The second-order valence-corrected chi connectivity index (χ2v) is 3.15. The summed E-state index contributed by atoms with van der Waals surface area (Å²) in [6, 6.07) is 1.52. The fraction of sp³-hybridized carbons (Fsp3) is 0.400. The van der Waals surface area contributed by atoms with Gasteiger partial charge in [-0.1, -0.05) is 6.07 Å². The van der Waals surface area contributed by atoms with Crippen molar-refractivity contribution in [1.29, 1.82) is 0 Å². The van der Waals surface area contributed by atoms with E-state index in [0.29, 0.717) is 11.1 Å². The Hall–Kier alpha value is -0.960. The van der Waals surface area contributed by atoms with Crippen LogP contribution in [0, 0.1) is 25.5 Å². The van der Waals surface area contributed by atoms with E-state index in [9.17, 15) is 8.78 Å². The number of aryl methyl sites for hydroxylation is 2. The maximum absolute atomic E-state index is 13.3. The van der Waals surface area contributed by atoms with Gasteiger partial charge in [0, 0.05) is 12.1 Å². The number of hydrogen-bond acceptors (Lipinski definition) is 1. The SMILES string of the molecule is CNCc1c(F)c(C)cc(C)c1F. The van der Waals surface area contributed by atoms with Gasteiger partial charge in [0.05, 0.1) is 0 Å². The van der Waals surface area contributed by atoms with Crippen molar-refractivity contribution in [3.05, 3.63) is 34.4 Å². The summed E-state index contributed by atoms with van der Waals surface area (Å²) in [5.41, 5.74) is 1.10. The standard InChI is InChI=1S/C10H13F2N/c1-6-4-7(2)10(12)8(5-13-3)9(6)11/h4,13H,5H2,1-3H3. The van der Waals surface area contributed by atoms with Crippen LogP contribution in [-0.4, -0.2) is 7.05 Å². The average molecular weight is 185 g/mol. The van der Waals surface area contributed by atoms with Crippen molar-refractivity contribution in [2.24, 2.45) is 0 Å². The minimum Gasteiger partial charge on any atom is -0.315 e. The Labute approximate surface area is 76.8 Å². The molecule has 0 spiro atoms. The molecule has 1 aromatic rings. The summed E-state index contributed by atoms with van der Waals surface area (Å²) >= 11 is 0. The van der Waals surface area contributed by atoms with Gasteiger partial charge in [-0.05, 0) is 32.0 Å². The first kappa shape index (κ1) is 10.1. The van der Waals surface area contributed by atoms with Gasteiger partial charge in [0.2, 0.25) is 0 Å². The molecule has 0 aliphatic rings. The van der Waals surface area contributed by atoms with E-state index in [-0.39, 0.29) is 12.1 Å². The lowest BCUT2D eigenvalue weighted by Crippen LogP contribution is -2.11. The molecule has 0 unspecified atom stereocenters. The Kier molecular flexibility index (Phi) is 2.98. The van der Waals surface area contributed by atoms with Gasteiger partial charge in [0.1, 0.15) is 11.6 Å². The molecule has 1 N–H and O–H groups in total. The number of benzene rings is 1. The zero-order valence-electron chi connectivity index (χ0n) is 8.04. The van der Waals surface area contributed by atoms with Crippen LogP contribution in [0.15, 0.2) is 6.07 Å².